The molecule has 24 heavy (non-hydrogen) atoms. The summed E-state index contributed by atoms with van der Waals surface area (Å²) in [4.78, 5) is 2.61. The lowest BCUT2D eigenvalue weighted by molar-refractivity contribution is 0.101. The first-order valence-electron chi connectivity index (χ1n) is 8.23. The summed E-state index contributed by atoms with van der Waals surface area (Å²) in [6, 6.07) is 6.62. The smallest absolute Gasteiger partial charge is 0.243 e. The second-order valence-electron chi connectivity index (χ2n) is 6.98. The van der Waals surface area contributed by atoms with E-state index >= 15 is 0 Å². The van der Waals surface area contributed by atoms with E-state index < -0.39 is 10.0 Å². The number of sulfonamides is 1. The Morgan fingerprint density at radius 1 is 1.21 bits per heavy atom. The van der Waals surface area contributed by atoms with Crippen LogP contribution in [0.25, 0.3) is 0 Å². The highest BCUT2D eigenvalue weighted by atomic mass is 32.2. The predicted octanol–water partition coefficient (Wildman–Crippen LogP) is 1.28. The first-order chi connectivity index (χ1) is 11.4. The molecule has 0 aromatic heterocycles. The lowest BCUT2D eigenvalue weighted by Crippen LogP contribution is -2.38. The van der Waals surface area contributed by atoms with E-state index in [0.717, 1.165) is 19.5 Å². The van der Waals surface area contributed by atoms with Crippen molar-refractivity contribution in [1.82, 2.24) is 9.21 Å². The maximum absolute atomic E-state index is 13.0. The molecule has 2 heterocycles. The molecule has 0 saturated carbocycles. The summed E-state index contributed by atoms with van der Waals surface area (Å²) in [5, 5.41) is 0. The van der Waals surface area contributed by atoms with Crippen molar-refractivity contribution in [3.8, 4) is 5.75 Å². The van der Waals surface area contributed by atoms with Gasteiger partial charge in [0.1, 0.15) is 5.75 Å². The van der Waals surface area contributed by atoms with Gasteiger partial charge in [0.25, 0.3) is 0 Å². The molecular weight excluding hydrogens is 328 g/mol. The van der Waals surface area contributed by atoms with Crippen LogP contribution in [0.1, 0.15) is 6.42 Å². The van der Waals surface area contributed by atoms with Gasteiger partial charge in [0.15, 0.2) is 0 Å². The van der Waals surface area contributed by atoms with Crippen LogP contribution in [0.15, 0.2) is 29.2 Å². The minimum Gasteiger partial charge on any atom is -0.497 e. The van der Waals surface area contributed by atoms with Gasteiger partial charge in [-0.2, -0.15) is 4.31 Å². The maximum atomic E-state index is 13.0. The van der Waals surface area contributed by atoms with Crippen LogP contribution in [0.4, 0.5) is 0 Å². The molecule has 2 atom stereocenters. The highest BCUT2D eigenvalue weighted by Gasteiger charge is 2.51. The van der Waals surface area contributed by atoms with Gasteiger partial charge in [-0.3, -0.25) is 0 Å². The van der Waals surface area contributed by atoms with Crippen LogP contribution in [0.5, 0.6) is 5.75 Å². The lowest BCUT2D eigenvalue weighted by atomic mass is 9.78. The summed E-state index contributed by atoms with van der Waals surface area (Å²) in [6.07, 6.45) is 0.890. The molecule has 0 bridgehead atoms. The van der Waals surface area contributed by atoms with E-state index in [0.29, 0.717) is 36.3 Å². The van der Waals surface area contributed by atoms with E-state index in [1.165, 1.54) is 0 Å². The second-order valence-corrected chi connectivity index (χ2v) is 8.91. The van der Waals surface area contributed by atoms with E-state index in [1.54, 1.807) is 42.8 Å². The average Bonchev–Trinajstić information content (AvgIpc) is 3.13. The lowest BCUT2D eigenvalue weighted by Gasteiger charge is -2.30. The minimum atomic E-state index is -3.46. The van der Waals surface area contributed by atoms with Crippen LogP contribution in [-0.4, -0.2) is 71.7 Å². The van der Waals surface area contributed by atoms with E-state index in [2.05, 4.69) is 11.9 Å². The molecule has 0 N–H and O–H groups in total. The number of ether oxygens (including phenoxy) is 2. The molecule has 1 spiro atoms. The SMILES string of the molecule is COC[C@@H]1CN(C)C[C@]12CCN(S(=O)(=O)c1ccc(OC)cc1)C2. The number of likely N-dealkylation sites (tertiary alicyclic amines) is 1. The molecule has 6 nitrogen and oxygen atoms in total. The van der Waals surface area contributed by atoms with Crippen LogP contribution < -0.4 is 4.74 Å². The predicted molar refractivity (Wildman–Crippen MR) is 91.7 cm³/mol. The third kappa shape index (κ3) is 3.06. The molecule has 3 rings (SSSR count). The monoisotopic (exact) mass is 354 g/mol. The second kappa shape index (κ2) is 6.63. The van der Waals surface area contributed by atoms with Gasteiger partial charge in [0.2, 0.25) is 10.0 Å². The van der Waals surface area contributed by atoms with Gasteiger partial charge in [-0.25, -0.2) is 8.42 Å². The quantitative estimate of drug-likeness (QED) is 0.797. The molecule has 1 aromatic rings. The van der Waals surface area contributed by atoms with Crippen LogP contribution in [-0.2, 0) is 14.8 Å². The van der Waals surface area contributed by atoms with Crippen LogP contribution >= 0.6 is 0 Å². The van der Waals surface area contributed by atoms with Gasteiger partial charge >= 0.3 is 0 Å². The number of rotatable bonds is 5. The Bertz CT molecular complexity index is 676. The normalized spacial score (nSPS) is 28.7. The molecule has 1 aromatic carbocycles. The van der Waals surface area contributed by atoms with Crippen LogP contribution in [0, 0.1) is 11.3 Å². The summed E-state index contributed by atoms with van der Waals surface area (Å²) < 4.78 is 38.0. The van der Waals surface area contributed by atoms with Crippen molar-refractivity contribution < 1.29 is 17.9 Å². The number of hydrogen-bond donors (Lipinski definition) is 0. The van der Waals surface area contributed by atoms with Crippen molar-refractivity contribution in [2.45, 2.75) is 11.3 Å². The summed E-state index contributed by atoms with van der Waals surface area (Å²) in [6.45, 7) is 3.71. The first-order valence-corrected chi connectivity index (χ1v) is 9.67. The third-order valence-corrected chi connectivity index (χ3v) is 7.26. The molecule has 2 saturated heterocycles. The van der Waals surface area contributed by atoms with Crippen molar-refractivity contribution in [2.24, 2.45) is 11.3 Å². The Morgan fingerprint density at radius 3 is 2.54 bits per heavy atom. The van der Waals surface area contributed by atoms with Crippen molar-refractivity contribution >= 4 is 10.0 Å². The van der Waals surface area contributed by atoms with Crippen LogP contribution in [0.2, 0.25) is 0 Å². The fourth-order valence-electron chi connectivity index (χ4n) is 4.15. The fraction of sp³-hybridized carbons (Fsp3) is 0.647. The fourth-order valence-corrected chi connectivity index (χ4v) is 5.69. The van der Waals surface area contributed by atoms with E-state index in [9.17, 15) is 8.42 Å². The number of benzene rings is 1. The molecule has 0 radical (unpaired) electrons. The van der Waals surface area contributed by atoms with Gasteiger partial charge < -0.3 is 14.4 Å². The molecule has 0 unspecified atom stereocenters. The number of nitrogens with zero attached hydrogens (tertiary/aromatic N) is 2. The molecule has 2 aliphatic rings. The summed E-state index contributed by atoms with van der Waals surface area (Å²) >= 11 is 0. The van der Waals surface area contributed by atoms with E-state index in [4.69, 9.17) is 9.47 Å². The van der Waals surface area contributed by atoms with Crippen molar-refractivity contribution in [1.29, 1.82) is 0 Å². The van der Waals surface area contributed by atoms with E-state index in [1.807, 2.05) is 0 Å². The highest BCUT2D eigenvalue weighted by Crippen LogP contribution is 2.44. The largest absolute Gasteiger partial charge is 0.497 e. The zero-order valence-electron chi connectivity index (χ0n) is 14.6. The van der Waals surface area contributed by atoms with E-state index in [-0.39, 0.29) is 5.41 Å². The number of hydrogen-bond acceptors (Lipinski definition) is 5. The van der Waals surface area contributed by atoms with Gasteiger partial charge in [0.05, 0.1) is 18.6 Å². The summed E-state index contributed by atoms with van der Waals surface area (Å²) in [5.74, 6) is 1.04. The highest BCUT2D eigenvalue weighted by molar-refractivity contribution is 7.89. The van der Waals surface area contributed by atoms with Crippen molar-refractivity contribution in [2.75, 3.05) is 54.1 Å². The first kappa shape index (κ1) is 17.7. The third-order valence-electron chi connectivity index (χ3n) is 5.40. The summed E-state index contributed by atoms with van der Waals surface area (Å²) in [5.41, 5.74) is 0.00427. The minimum absolute atomic E-state index is 0.00427. The standard InChI is InChI=1S/C17H26N2O4S/c1-18-10-14(11-22-2)17(12-18)8-9-19(13-17)24(20,21)16-6-4-15(23-3)5-7-16/h4-7,14H,8-13H2,1-3H3/t14-,17-/m0/s1. The number of methoxy groups -OCH3 is 2. The summed E-state index contributed by atoms with van der Waals surface area (Å²) in [7, 11) is 1.92. The van der Waals surface area contributed by atoms with Crippen molar-refractivity contribution in [3.05, 3.63) is 24.3 Å². The maximum Gasteiger partial charge on any atom is 0.243 e. The molecule has 0 aliphatic carbocycles. The Kier molecular flexibility index (Phi) is 4.88. The van der Waals surface area contributed by atoms with Crippen molar-refractivity contribution in [3.63, 3.8) is 0 Å². The molecular formula is C17H26N2O4S. The van der Waals surface area contributed by atoms with Gasteiger partial charge in [-0.1, -0.05) is 0 Å². The Labute approximate surface area is 144 Å². The topological polar surface area (TPSA) is 59.1 Å². The Hall–Kier alpha value is -1.15. The molecule has 134 valence electrons. The Balaban J connectivity index is 1.81. The van der Waals surface area contributed by atoms with Gasteiger partial charge in [-0.15, -0.1) is 0 Å². The Morgan fingerprint density at radius 2 is 1.92 bits per heavy atom. The molecule has 2 fully saturated rings. The average molecular weight is 354 g/mol. The zero-order valence-corrected chi connectivity index (χ0v) is 15.4. The van der Waals surface area contributed by atoms with Gasteiger partial charge in [-0.05, 0) is 37.7 Å². The van der Waals surface area contributed by atoms with Gasteiger partial charge in [0, 0.05) is 44.6 Å². The molecule has 7 heteroatoms. The molecule has 0 amide bonds. The molecule has 2 aliphatic heterocycles. The zero-order chi connectivity index (χ0) is 17.4. The van der Waals surface area contributed by atoms with Crippen LogP contribution in [0.3, 0.4) is 0 Å².